The average Bonchev–Trinajstić information content (AvgIpc) is 2.12. The number of thiocarbonyl (C=S) groups is 1. The van der Waals surface area contributed by atoms with Crippen molar-refractivity contribution in [2.24, 2.45) is 23.0 Å². The maximum Gasteiger partial charge on any atom is 0.232 e. The molecule has 0 aliphatic heterocycles. The van der Waals surface area contributed by atoms with Crippen LogP contribution in [-0.2, 0) is 4.79 Å². The number of carbonyl (C=O) groups excluding carboxylic acids is 1. The van der Waals surface area contributed by atoms with Gasteiger partial charge in [0.25, 0.3) is 0 Å². The van der Waals surface area contributed by atoms with Crippen LogP contribution < -0.4 is 5.73 Å². The summed E-state index contributed by atoms with van der Waals surface area (Å²) in [6.07, 6.45) is 0. The fourth-order valence-corrected chi connectivity index (χ4v) is 2.10. The van der Waals surface area contributed by atoms with E-state index in [4.69, 9.17) is 18.0 Å². The second-order valence-electron chi connectivity index (χ2n) is 6.12. The van der Waals surface area contributed by atoms with Crippen molar-refractivity contribution in [1.29, 1.82) is 0 Å². The predicted octanol–water partition coefficient (Wildman–Crippen LogP) is 2.44. The van der Waals surface area contributed by atoms with Gasteiger partial charge in [0.05, 0.1) is 10.9 Å². The van der Waals surface area contributed by atoms with Gasteiger partial charge in [0.2, 0.25) is 5.91 Å². The summed E-state index contributed by atoms with van der Waals surface area (Å²) in [5.74, 6) is -0.204. The number of carbonyl (C=O) groups is 1. The molecule has 2 unspecified atom stereocenters. The molecule has 1 amide bonds. The van der Waals surface area contributed by atoms with Gasteiger partial charge < -0.3 is 10.6 Å². The van der Waals surface area contributed by atoms with Crippen molar-refractivity contribution in [2.45, 2.75) is 47.6 Å². The zero-order chi connectivity index (χ0) is 14.0. The Kier molecular flexibility index (Phi) is 5.59. The van der Waals surface area contributed by atoms with Gasteiger partial charge in [-0.2, -0.15) is 0 Å². The molecule has 0 spiro atoms. The smallest absolute Gasteiger partial charge is 0.232 e. The first-order chi connectivity index (χ1) is 7.50. The Morgan fingerprint density at radius 2 is 1.65 bits per heavy atom. The van der Waals surface area contributed by atoms with E-state index >= 15 is 0 Å². The highest BCUT2D eigenvalue weighted by molar-refractivity contribution is 7.80. The molecule has 0 rings (SSSR count). The molecule has 0 aliphatic rings. The molecule has 2 N–H and O–H groups in total. The molecule has 0 saturated heterocycles. The van der Waals surface area contributed by atoms with Gasteiger partial charge in [0, 0.05) is 13.1 Å². The largest absolute Gasteiger partial charge is 0.393 e. The summed E-state index contributed by atoms with van der Waals surface area (Å²) >= 11 is 5.00. The number of hydrogen-bond donors (Lipinski definition) is 1. The second kappa shape index (κ2) is 5.80. The highest BCUT2D eigenvalue weighted by Gasteiger charge is 2.33. The van der Waals surface area contributed by atoms with E-state index in [0.717, 1.165) is 0 Å². The summed E-state index contributed by atoms with van der Waals surface area (Å²) in [6, 6.07) is 0.144. The topological polar surface area (TPSA) is 46.3 Å². The minimum absolute atomic E-state index is 0.0231. The van der Waals surface area contributed by atoms with Gasteiger partial charge in [-0.1, -0.05) is 46.8 Å². The third-order valence-electron chi connectivity index (χ3n) is 3.42. The maximum absolute atomic E-state index is 12.4. The SMILES string of the molecule is CC(C)C(C(=O)N(C)C(C)C(C)(C)C)C(N)=S. The number of nitrogens with zero attached hydrogens (tertiary/aromatic N) is 1. The van der Waals surface area contributed by atoms with E-state index in [0.29, 0.717) is 0 Å². The van der Waals surface area contributed by atoms with Crippen LogP contribution in [0.4, 0.5) is 0 Å². The Hall–Kier alpha value is -0.640. The zero-order valence-corrected chi connectivity index (χ0v) is 12.9. The van der Waals surface area contributed by atoms with E-state index < -0.39 is 0 Å². The minimum Gasteiger partial charge on any atom is -0.393 e. The summed E-state index contributed by atoms with van der Waals surface area (Å²) in [6.45, 7) is 12.3. The third-order valence-corrected chi connectivity index (χ3v) is 3.68. The minimum atomic E-state index is -0.361. The van der Waals surface area contributed by atoms with Crippen LogP contribution in [0.1, 0.15) is 41.5 Å². The predicted molar refractivity (Wildman–Crippen MR) is 76.8 cm³/mol. The van der Waals surface area contributed by atoms with Crippen molar-refractivity contribution in [3.8, 4) is 0 Å². The molecule has 2 atom stereocenters. The van der Waals surface area contributed by atoms with Crippen LogP contribution in [0.25, 0.3) is 0 Å². The lowest BCUT2D eigenvalue weighted by Gasteiger charge is -2.37. The molecule has 0 aliphatic carbocycles. The summed E-state index contributed by atoms with van der Waals surface area (Å²) < 4.78 is 0. The molecule has 17 heavy (non-hydrogen) atoms. The summed E-state index contributed by atoms with van der Waals surface area (Å²) in [4.78, 5) is 14.4. The van der Waals surface area contributed by atoms with Crippen molar-refractivity contribution in [3.05, 3.63) is 0 Å². The van der Waals surface area contributed by atoms with Gasteiger partial charge >= 0.3 is 0 Å². The van der Waals surface area contributed by atoms with Gasteiger partial charge in [-0.25, -0.2) is 0 Å². The van der Waals surface area contributed by atoms with Gasteiger partial charge in [-0.05, 0) is 18.3 Å². The van der Waals surface area contributed by atoms with Gasteiger partial charge in [-0.15, -0.1) is 0 Å². The lowest BCUT2D eigenvalue weighted by molar-refractivity contribution is -0.136. The molecule has 0 saturated carbocycles. The number of hydrogen-bond acceptors (Lipinski definition) is 2. The van der Waals surface area contributed by atoms with Crippen LogP contribution in [0.5, 0.6) is 0 Å². The van der Waals surface area contributed by atoms with Crippen LogP contribution >= 0.6 is 12.2 Å². The number of nitrogens with two attached hydrogens (primary N) is 1. The Labute approximate surface area is 111 Å². The van der Waals surface area contributed by atoms with Crippen LogP contribution in [-0.4, -0.2) is 28.9 Å². The molecular formula is C13H26N2OS. The Morgan fingerprint density at radius 1 is 1.24 bits per heavy atom. The first kappa shape index (κ1) is 16.4. The Morgan fingerprint density at radius 3 is 1.88 bits per heavy atom. The Balaban J connectivity index is 4.97. The van der Waals surface area contributed by atoms with Crippen LogP contribution in [0.3, 0.4) is 0 Å². The number of rotatable bonds is 4. The second-order valence-corrected chi connectivity index (χ2v) is 6.59. The highest BCUT2D eigenvalue weighted by Crippen LogP contribution is 2.25. The average molecular weight is 258 g/mol. The van der Waals surface area contributed by atoms with Crippen LogP contribution in [0.15, 0.2) is 0 Å². The fourth-order valence-electron chi connectivity index (χ4n) is 1.73. The lowest BCUT2D eigenvalue weighted by Crippen LogP contribution is -2.49. The third kappa shape index (κ3) is 4.26. The van der Waals surface area contributed by atoms with E-state index in [1.165, 1.54) is 0 Å². The molecule has 0 radical (unpaired) electrons. The lowest BCUT2D eigenvalue weighted by atomic mass is 9.85. The summed E-state index contributed by atoms with van der Waals surface area (Å²) in [5, 5.41) is 0. The van der Waals surface area contributed by atoms with Gasteiger partial charge in [0.15, 0.2) is 0 Å². The molecule has 0 heterocycles. The normalized spacial score (nSPS) is 15.5. The molecule has 0 aromatic rings. The molecule has 0 bridgehead atoms. The summed E-state index contributed by atoms with van der Waals surface area (Å²) in [7, 11) is 1.83. The first-order valence-electron chi connectivity index (χ1n) is 6.06. The van der Waals surface area contributed by atoms with E-state index in [1.807, 2.05) is 20.9 Å². The fraction of sp³-hybridized carbons (Fsp3) is 0.846. The molecule has 3 nitrogen and oxygen atoms in total. The highest BCUT2D eigenvalue weighted by atomic mass is 32.1. The van der Waals surface area contributed by atoms with Crippen molar-refractivity contribution in [2.75, 3.05) is 7.05 Å². The van der Waals surface area contributed by atoms with Crippen molar-refractivity contribution < 1.29 is 4.79 Å². The van der Waals surface area contributed by atoms with Crippen LogP contribution in [0, 0.1) is 17.3 Å². The zero-order valence-electron chi connectivity index (χ0n) is 12.1. The van der Waals surface area contributed by atoms with Crippen LogP contribution in [0.2, 0.25) is 0 Å². The van der Waals surface area contributed by atoms with Gasteiger partial charge in [-0.3, -0.25) is 4.79 Å². The van der Waals surface area contributed by atoms with E-state index in [1.54, 1.807) is 4.90 Å². The first-order valence-corrected chi connectivity index (χ1v) is 6.47. The molecule has 100 valence electrons. The number of amides is 1. The van der Waals surface area contributed by atoms with Crippen molar-refractivity contribution in [1.82, 2.24) is 4.90 Å². The molecular weight excluding hydrogens is 232 g/mol. The van der Waals surface area contributed by atoms with Crippen molar-refractivity contribution in [3.63, 3.8) is 0 Å². The maximum atomic E-state index is 12.4. The van der Waals surface area contributed by atoms with E-state index in [9.17, 15) is 4.79 Å². The summed E-state index contributed by atoms with van der Waals surface area (Å²) in [5.41, 5.74) is 5.71. The molecule has 4 heteroatoms. The van der Waals surface area contributed by atoms with Gasteiger partial charge in [0.1, 0.15) is 0 Å². The van der Waals surface area contributed by atoms with Crippen molar-refractivity contribution >= 4 is 23.1 Å². The quantitative estimate of drug-likeness (QED) is 0.788. The van der Waals surface area contributed by atoms with E-state index in [2.05, 4.69) is 27.7 Å². The monoisotopic (exact) mass is 258 g/mol. The Bertz CT molecular complexity index is 294. The molecule has 0 fully saturated rings. The standard InChI is InChI=1S/C13H26N2OS/c1-8(2)10(11(14)17)12(16)15(7)9(3)13(4,5)6/h8-10H,1-7H3,(H2,14,17). The molecule has 0 aromatic heterocycles. The van der Waals surface area contributed by atoms with E-state index in [-0.39, 0.29) is 34.2 Å². The molecule has 0 aromatic carbocycles.